The molecule has 0 aromatic carbocycles. The van der Waals surface area contributed by atoms with Crippen molar-refractivity contribution in [3.05, 3.63) is 44.5 Å². The maximum atomic E-state index is 12.1. The Kier molecular flexibility index (Phi) is 4.13. The van der Waals surface area contributed by atoms with Gasteiger partial charge in [-0.2, -0.15) is 0 Å². The zero-order valence-corrected chi connectivity index (χ0v) is 14.5. The minimum absolute atomic E-state index is 0.280. The average Bonchev–Trinajstić information content (AvgIpc) is 2.59. The van der Waals surface area contributed by atoms with Crippen LogP contribution >= 0.6 is 0 Å². The summed E-state index contributed by atoms with van der Waals surface area (Å²) in [5, 5.41) is 0. The zero-order chi connectivity index (χ0) is 17.4. The Morgan fingerprint density at radius 3 is 2.21 bits per heavy atom. The Balaban J connectivity index is 1.82. The lowest BCUT2D eigenvalue weighted by Gasteiger charge is -2.37. The van der Waals surface area contributed by atoms with E-state index in [1.54, 1.807) is 13.4 Å². The maximum Gasteiger partial charge on any atom is 0.332 e. The van der Waals surface area contributed by atoms with Crippen LogP contribution in [-0.4, -0.2) is 45.3 Å². The fourth-order valence-corrected chi connectivity index (χ4v) is 3.02. The fraction of sp³-hybridized carbons (Fsp3) is 0.500. The minimum atomic E-state index is -0.304. The van der Waals surface area contributed by atoms with Crippen molar-refractivity contribution in [3.8, 4) is 0 Å². The van der Waals surface area contributed by atoms with Crippen molar-refractivity contribution in [2.24, 2.45) is 14.1 Å². The van der Waals surface area contributed by atoms with Crippen LogP contribution in [0.1, 0.15) is 11.3 Å². The standard InChI is InChI=1S/C16H22N6O2/c1-11-12(2)17-10-18-15(11)22-7-5-21(6-8-22)13-9-14(23)20(4)16(24)19(13)3/h9-10H,5-8H2,1-4H3. The summed E-state index contributed by atoms with van der Waals surface area (Å²) >= 11 is 0. The number of rotatable bonds is 2. The predicted octanol–water partition coefficient (Wildman–Crippen LogP) is -0.183. The molecule has 0 aliphatic carbocycles. The van der Waals surface area contributed by atoms with Crippen LogP contribution in [0.25, 0.3) is 0 Å². The van der Waals surface area contributed by atoms with Crippen molar-refractivity contribution >= 4 is 11.6 Å². The first-order chi connectivity index (χ1) is 11.4. The Labute approximate surface area is 140 Å². The summed E-state index contributed by atoms with van der Waals surface area (Å²) in [6.07, 6.45) is 1.59. The van der Waals surface area contributed by atoms with E-state index in [2.05, 4.69) is 19.8 Å². The molecule has 0 N–H and O–H groups in total. The molecule has 24 heavy (non-hydrogen) atoms. The third-order valence-electron chi connectivity index (χ3n) is 4.71. The van der Waals surface area contributed by atoms with Crippen LogP contribution in [0, 0.1) is 13.8 Å². The molecule has 0 saturated carbocycles. The Morgan fingerprint density at radius 2 is 1.54 bits per heavy atom. The van der Waals surface area contributed by atoms with Gasteiger partial charge in [-0.15, -0.1) is 0 Å². The third-order valence-corrected chi connectivity index (χ3v) is 4.71. The van der Waals surface area contributed by atoms with Gasteiger partial charge in [-0.3, -0.25) is 13.9 Å². The molecular weight excluding hydrogens is 308 g/mol. The molecule has 128 valence electrons. The highest BCUT2D eigenvalue weighted by Gasteiger charge is 2.22. The Bertz CT molecular complexity index is 877. The molecule has 1 fully saturated rings. The van der Waals surface area contributed by atoms with E-state index >= 15 is 0 Å². The Hall–Kier alpha value is -2.64. The van der Waals surface area contributed by atoms with E-state index in [-0.39, 0.29) is 11.2 Å². The molecule has 0 radical (unpaired) electrons. The number of nitrogens with zero attached hydrogens (tertiary/aromatic N) is 6. The summed E-state index contributed by atoms with van der Waals surface area (Å²) < 4.78 is 2.64. The number of hydrogen-bond donors (Lipinski definition) is 0. The summed E-state index contributed by atoms with van der Waals surface area (Å²) in [5.74, 6) is 1.62. The van der Waals surface area contributed by atoms with E-state index in [0.29, 0.717) is 5.82 Å². The molecule has 1 saturated heterocycles. The molecule has 2 aromatic rings. The van der Waals surface area contributed by atoms with Crippen LogP contribution in [0.3, 0.4) is 0 Å². The normalized spacial score (nSPS) is 15.0. The number of piperazine rings is 1. The van der Waals surface area contributed by atoms with Gasteiger partial charge in [-0.05, 0) is 13.8 Å². The summed E-state index contributed by atoms with van der Waals surface area (Å²) in [6.45, 7) is 7.02. The van der Waals surface area contributed by atoms with E-state index in [0.717, 1.165) is 47.8 Å². The van der Waals surface area contributed by atoms with Crippen LogP contribution in [0.2, 0.25) is 0 Å². The second-order valence-electron chi connectivity index (χ2n) is 6.12. The highest BCUT2D eigenvalue weighted by Crippen LogP contribution is 2.21. The van der Waals surface area contributed by atoms with E-state index in [1.807, 2.05) is 13.8 Å². The predicted molar refractivity (Wildman–Crippen MR) is 92.9 cm³/mol. The highest BCUT2D eigenvalue weighted by molar-refractivity contribution is 5.50. The SMILES string of the molecule is Cc1ncnc(N2CCN(c3cc(=O)n(C)c(=O)n3C)CC2)c1C. The van der Waals surface area contributed by atoms with Crippen LogP contribution in [-0.2, 0) is 14.1 Å². The quantitative estimate of drug-likeness (QED) is 0.760. The number of aryl methyl sites for hydroxylation is 1. The van der Waals surface area contributed by atoms with E-state index in [9.17, 15) is 9.59 Å². The topological polar surface area (TPSA) is 76.3 Å². The van der Waals surface area contributed by atoms with Crippen LogP contribution in [0.4, 0.5) is 11.6 Å². The molecule has 0 spiro atoms. The van der Waals surface area contributed by atoms with Gasteiger partial charge in [-0.1, -0.05) is 0 Å². The number of anilines is 2. The summed E-state index contributed by atoms with van der Waals surface area (Å²) in [4.78, 5) is 36.9. The van der Waals surface area contributed by atoms with Gasteiger partial charge in [0.25, 0.3) is 5.56 Å². The molecular formula is C16H22N6O2. The number of hydrogen-bond acceptors (Lipinski definition) is 6. The first-order valence-electron chi connectivity index (χ1n) is 7.95. The van der Waals surface area contributed by atoms with Gasteiger partial charge >= 0.3 is 5.69 Å². The van der Waals surface area contributed by atoms with Gasteiger partial charge in [0.15, 0.2) is 0 Å². The maximum absolute atomic E-state index is 12.1. The summed E-state index contributed by atoms with van der Waals surface area (Å²) in [6, 6.07) is 1.52. The monoisotopic (exact) mass is 330 g/mol. The molecule has 8 nitrogen and oxygen atoms in total. The van der Waals surface area contributed by atoms with Crippen molar-refractivity contribution in [1.82, 2.24) is 19.1 Å². The molecule has 0 amide bonds. The molecule has 0 bridgehead atoms. The highest BCUT2D eigenvalue weighted by atomic mass is 16.2. The smallest absolute Gasteiger partial charge is 0.332 e. The van der Waals surface area contributed by atoms with Crippen molar-refractivity contribution in [2.75, 3.05) is 36.0 Å². The van der Waals surface area contributed by atoms with E-state index < -0.39 is 0 Å². The lowest BCUT2D eigenvalue weighted by molar-refractivity contribution is 0.606. The zero-order valence-electron chi connectivity index (χ0n) is 14.5. The lowest BCUT2D eigenvalue weighted by Crippen LogP contribution is -2.49. The van der Waals surface area contributed by atoms with Crippen molar-refractivity contribution in [1.29, 1.82) is 0 Å². The number of aromatic nitrogens is 4. The van der Waals surface area contributed by atoms with Gasteiger partial charge in [0, 0.05) is 57.6 Å². The van der Waals surface area contributed by atoms with Crippen molar-refractivity contribution in [3.63, 3.8) is 0 Å². The second kappa shape index (κ2) is 6.10. The molecule has 2 aromatic heterocycles. The molecule has 3 rings (SSSR count). The molecule has 1 aliphatic heterocycles. The fourth-order valence-electron chi connectivity index (χ4n) is 3.02. The molecule has 8 heteroatoms. The lowest BCUT2D eigenvalue weighted by atomic mass is 10.2. The molecule has 0 atom stereocenters. The molecule has 3 heterocycles. The Morgan fingerprint density at radius 1 is 0.917 bits per heavy atom. The second-order valence-corrected chi connectivity index (χ2v) is 6.12. The molecule has 0 unspecified atom stereocenters. The first kappa shape index (κ1) is 16.2. The van der Waals surface area contributed by atoms with Gasteiger partial charge in [0.05, 0.1) is 0 Å². The first-order valence-corrected chi connectivity index (χ1v) is 7.95. The third kappa shape index (κ3) is 2.68. The van der Waals surface area contributed by atoms with Crippen LogP contribution in [0.15, 0.2) is 22.0 Å². The van der Waals surface area contributed by atoms with Crippen molar-refractivity contribution < 1.29 is 0 Å². The van der Waals surface area contributed by atoms with E-state index in [1.165, 1.54) is 17.7 Å². The summed E-state index contributed by atoms with van der Waals surface area (Å²) in [7, 11) is 3.19. The van der Waals surface area contributed by atoms with Crippen molar-refractivity contribution in [2.45, 2.75) is 13.8 Å². The van der Waals surface area contributed by atoms with Gasteiger partial charge in [0.2, 0.25) is 0 Å². The van der Waals surface area contributed by atoms with Gasteiger partial charge < -0.3 is 9.80 Å². The van der Waals surface area contributed by atoms with Crippen LogP contribution < -0.4 is 21.0 Å². The molecule has 1 aliphatic rings. The van der Waals surface area contributed by atoms with Crippen LogP contribution in [0.5, 0.6) is 0 Å². The van der Waals surface area contributed by atoms with Gasteiger partial charge in [-0.25, -0.2) is 14.8 Å². The largest absolute Gasteiger partial charge is 0.354 e. The average molecular weight is 330 g/mol. The summed E-state index contributed by atoms with van der Waals surface area (Å²) in [5.41, 5.74) is 1.49. The van der Waals surface area contributed by atoms with E-state index in [4.69, 9.17) is 0 Å². The van der Waals surface area contributed by atoms with Gasteiger partial charge in [0.1, 0.15) is 18.0 Å². The minimum Gasteiger partial charge on any atom is -0.354 e.